The van der Waals surface area contributed by atoms with Gasteiger partial charge in [0.15, 0.2) is 0 Å². The highest BCUT2D eigenvalue weighted by Gasteiger charge is 2.31. The van der Waals surface area contributed by atoms with Crippen LogP contribution in [0.15, 0.2) is 60.7 Å². The molecule has 2 amide bonds. The Morgan fingerprint density at radius 3 is 2.76 bits per heavy atom. The second-order valence-corrected chi connectivity index (χ2v) is 5.86. The molecule has 0 aromatic heterocycles. The molecule has 0 bridgehead atoms. The lowest BCUT2D eigenvalue weighted by atomic mass is 10.2. The third kappa shape index (κ3) is 4.26. The number of methoxy groups -OCH3 is 1. The molecule has 5 heteroatoms. The van der Waals surface area contributed by atoms with Crippen molar-refractivity contribution in [3.8, 4) is 5.75 Å². The molecule has 1 atom stereocenters. The Bertz CT molecular complexity index is 787. The average molecular weight is 336 g/mol. The Morgan fingerprint density at radius 2 is 2.00 bits per heavy atom. The topological polar surface area (TPSA) is 58.6 Å². The molecule has 0 saturated carbocycles. The molecular formula is C20H20N2O3. The highest BCUT2D eigenvalue weighted by molar-refractivity contribution is 5.98. The van der Waals surface area contributed by atoms with Crippen molar-refractivity contribution >= 4 is 23.6 Å². The van der Waals surface area contributed by atoms with Crippen LogP contribution in [0, 0.1) is 0 Å². The van der Waals surface area contributed by atoms with E-state index in [9.17, 15) is 9.59 Å². The molecule has 3 rings (SSSR count). The van der Waals surface area contributed by atoms with E-state index in [1.54, 1.807) is 18.1 Å². The number of anilines is 1. The molecule has 2 aromatic carbocycles. The van der Waals surface area contributed by atoms with Gasteiger partial charge in [-0.25, -0.2) is 0 Å². The second-order valence-electron chi connectivity index (χ2n) is 5.86. The summed E-state index contributed by atoms with van der Waals surface area (Å²) in [4.78, 5) is 26.0. The van der Waals surface area contributed by atoms with Gasteiger partial charge in [-0.2, -0.15) is 0 Å². The van der Waals surface area contributed by atoms with E-state index >= 15 is 0 Å². The van der Waals surface area contributed by atoms with Gasteiger partial charge < -0.3 is 15.0 Å². The maximum atomic E-state index is 12.3. The number of amides is 2. The van der Waals surface area contributed by atoms with Gasteiger partial charge >= 0.3 is 0 Å². The lowest BCUT2D eigenvalue weighted by Crippen LogP contribution is -2.36. The number of ether oxygens (including phenoxy) is 1. The molecule has 5 nitrogen and oxygen atoms in total. The summed E-state index contributed by atoms with van der Waals surface area (Å²) in [6, 6.07) is 16.8. The van der Waals surface area contributed by atoms with Crippen LogP contribution < -0.4 is 15.0 Å². The molecule has 1 saturated heterocycles. The summed E-state index contributed by atoms with van der Waals surface area (Å²) < 4.78 is 5.20. The SMILES string of the molecule is COc1cccc(N2CC(NC(=O)C=Cc3ccccc3)CC2=O)c1. The van der Waals surface area contributed by atoms with Crippen LogP contribution in [-0.4, -0.2) is 31.5 Å². The van der Waals surface area contributed by atoms with Crippen LogP contribution in [0.4, 0.5) is 5.69 Å². The predicted molar refractivity (Wildman–Crippen MR) is 97.4 cm³/mol. The van der Waals surface area contributed by atoms with Crippen molar-refractivity contribution in [2.24, 2.45) is 0 Å². The van der Waals surface area contributed by atoms with Gasteiger partial charge in [0, 0.05) is 30.8 Å². The summed E-state index contributed by atoms with van der Waals surface area (Å²) in [7, 11) is 1.59. The van der Waals surface area contributed by atoms with Gasteiger partial charge in [-0.05, 0) is 23.8 Å². The third-order valence-electron chi connectivity index (χ3n) is 4.06. The number of hydrogen-bond acceptors (Lipinski definition) is 3. The monoisotopic (exact) mass is 336 g/mol. The maximum Gasteiger partial charge on any atom is 0.244 e. The number of rotatable bonds is 5. The Hall–Kier alpha value is -3.08. The van der Waals surface area contributed by atoms with E-state index in [1.807, 2.05) is 54.6 Å². The van der Waals surface area contributed by atoms with Crippen LogP contribution in [0.25, 0.3) is 6.08 Å². The molecule has 1 heterocycles. The Labute approximate surface area is 146 Å². The van der Waals surface area contributed by atoms with Crippen molar-refractivity contribution in [3.63, 3.8) is 0 Å². The van der Waals surface area contributed by atoms with E-state index in [1.165, 1.54) is 6.08 Å². The van der Waals surface area contributed by atoms with Crippen LogP contribution in [-0.2, 0) is 9.59 Å². The number of carbonyl (C=O) groups excluding carboxylic acids is 2. The van der Waals surface area contributed by atoms with Gasteiger partial charge in [-0.1, -0.05) is 36.4 Å². The molecule has 1 N–H and O–H groups in total. The van der Waals surface area contributed by atoms with Gasteiger partial charge in [0.1, 0.15) is 5.75 Å². The van der Waals surface area contributed by atoms with E-state index in [2.05, 4.69) is 5.32 Å². The normalized spacial score (nSPS) is 17.1. The number of benzene rings is 2. The minimum atomic E-state index is -0.202. The summed E-state index contributed by atoms with van der Waals surface area (Å²) in [5.41, 5.74) is 1.74. The zero-order valence-corrected chi connectivity index (χ0v) is 14.0. The molecule has 25 heavy (non-hydrogen) atoms. The number of nitrogens with zero attached hydrogens (tertiary/aromatic N) is 1. The van der Waals surface area contributed by atoms with E-state index < -0.39 is 0 Å². The lowest BCUT2D eigenvalue weighted by molar-refractivity contribution is -0.117. The quantitative estimate of drug-likeness (QED) is 0.854. The van der Waals surface area contributed by atoms with Gasteiger partial charge in [0.25, 0.3) is 0 Å². The van der Waals surface area contributed by atoms with Crippen molar-refractivity contribution < 1.29 is 14.3 Å². The Balaban J connectivity index is 1.60. The molecule has 0 aliphatic carbocycles. The zero-order chi connectivity index (χ0) is 17.6. The van der Waals surface area contributed by atoms with Crippen molar-refractivity contribution in [1.29, 1.82) is 0 Å². The van der Waals surface area contributed by atoms with E-state index in [-0.39, 0.29) is 17.9 Å². The molecule has 1 fully saturated rings. The molecule has 0 radical (unpaired) electrons. The fraction of sp³-hybridized carbons (Fsp3) is 0.200. The molecule has 0 spiro atoms. The smallest absolute Gasteiger partial charge is 0.244 e. The minimum Gasteiger partial charge on any atom is -0.497 e. The summed E-state index contributed by atoms with van der Waals surface area (Å²) in [6.45, 7) is 0.455. The summed E-state index contributed by atoms with van der Waals surface area (Å²) in [5, 5.41) is 2.89. The first kappa shape index (κ1) is 16.8. The summed E-state index contributed by atoms with van der Waals surface area (Å²) in [5.74, 6) is 0.489. The maximum absolute atomic E-state index is 12.3. The largest absolute Gasteiger partial charge is 0.497 e. The van der Waals surface area contributed by atoms with E-state index in [4.69, 9.17) is 4.74 Å². The minimum absolute atomic E-state index is 0.00871. The van der Waals surface area contributed by atoms with Gasteiger partial charge in [-0.15, -0.1) is 0 Å². The predicted octanol–water partition coefficient (Wildman–Crippen LogP) is 2.63. The molecule has 2 aromatic rings. The van der Waals surface area contributed by atoms with Crippen LogP contribution >= 0.6 is 0 Å². The van der Waals surface area contributed by atoms with E-state index in [0.29, 0.717) is 18.7 Å². The van der Waals surface area contributed by atoms with E-state index in [0.717, 1.165) is 11.3 Å². The Morgan fingerprint density at radius 1 is 1.20 bits per heavy atom. The summed E-state index contributed by atoms with van der Waals surface area (Å²) in [6.07, 6.45) is 3.54. The van der Waals surface area contributed by atoms with Crippen LogP contribution in [0.3, 0.4) is 0 Å². The average Bonchev–Trinajstić information content (AvgIpc) is 3.01. The standard InChI is InChI=1S/C20H20N2O3/c1-25-18-9-5-8-17(13-18)22-14-16(12-20(22)24)21-19(23)11-10-15-6-3-2-4-7-15/h2-11,13,16H,12,14H2,1H3,(H,21,23). The van der Waals surface area contributed by atoms with Crippen molar-refractivity contribution in [2.45, 2.75) is 12.5 Å². The third-order valence-corrected chi connectivity index (χ3v) is 4.06. The first-order valence-electron chi connectivity index (χ1n) is 8.14. The molecule has 1 aliphatic heterocycles. The van der Waals surface area contributed by atoms with Crippen LogP contribution in [0.5, 0.6) is 5.75 Å². The van der Waals surface area contributed by atoms with Crippen LogP contribution in [0.2, 0.25) is 0 Å². The number of nitrogens with one attached hydrogen (secondary N) is 1. The fourth-order valence-electron chi connectivity index (χ4n) is 2.82. The van der Waals surface area contributed by atoms with Crippen molar-refractivity contribution in [1.82, 2.24) is 5.32 Å². The lowest BCUT2D eigenvalue weighted by Gasteiger charge is -2.17. The molecule has 1 unspecified atom stereocenters. The van der Waals surface area contributed by atoms with Crippen molar-refractivity contribution in [2.75, 3.05) is 18.6 Å². The first-order chi connectivity index (χ1) is 12.2. The fourth-order valence-corrected chi connectivity index (χ4v) is 2.82. The highest BCUT2D eigenvalue weighted by atomic mass is 16.5. The Kier molecular flexibility index (Phi) is 5.14. The second kappa shape index (κ2) is 7.66. The highest BCUT2D eigenvalue weighted by Crippen LogP contribution is 2.25. The molecule has 128 valence electrons. The molecule has 1 aliphatic rings. The number of carbonyl (C=O) groups is 2. The first-order valence-corrected chi connectivity index (χ1v) is 8.14. The van der Waals surface area contributed by atoms with Crippen LogP contribution in [0.1, 0.15) is 12.0 Å². The van der Waals surface area contributed by atoms with Gasteiger partial charge in [0.05, 0.1) is 13.2 Å². The van der Waals surface area contributed by atoms with Gasteiger partial charge in [-0.3, -0.25) is 9.59 Å². The zero-order valence-electron chi connectivity index (χ0n) is 14.0. The summed E-state index contributed by atoms with van der Waals surface area (Å²) >= 11 is 0. The number of hydrogen-bond donors (Lipinski definition) is 1. The molecular weight excluding hydrogens is 316 g/mol. The van der Waals surface area contributed by atoms with Gasteiger partial charge in [0.2, 0.25) is 11.8 Å². The van der Waals surface area contributed by atoms with Crippen molar-refractivity contribution in [3.05, 3.63) is 66.2 Å².